The number of rotatable bonds is 5. The van der Waals surface area contributed by atoms with Gasteiger partial charge in [-0.25, -0.2) is 0 Å². The van der Waals surface area contributed by atoms with Crippen molar-refractivity contribution in [2.75, 3.05) is 11.9 Å². The van der Waals surface area contributed by atoms with Gasteiger partial charge in [-0.3, -0.25) is 19.7 Å². The predicted octanol–water partition coefficient (Wildman–Crippen LogP) is 3.25. The second-order valence-electron chi connectivity index (χ2n) is 4.82. The van der Waals surface area contributed by atoms with E-state index in [1.807, 2.05) is 0 Å². The first kappa shape index (κ1) is 17.4. The number of non-ortho nitro benzene ring substituents is 1. The topological polar surface area (TPSA) is 101 Å². The molecule has 124 valence electrons. The quantitative estimate of drug-likeness (QED) is 0.640. The molecular weight excluding hydrogens is 334 g/mol. The molecule has 2 N–H and O–H groups in total. The van der Waals surface area contributed by atoms with Crippen molar-refractivity contribution >= 4 is 34.8 Å². The number of nitro benzene ring substituents is 1. The van der Waals surface area contributed by atoms with Gasteiger partial charge in [0.05, 0.1) is 15.5 Å². The molecule has 2 rings (SSSR count). The summed E-state index contributed by atoms with van der Waals surface area (Å²) in [7, 11) is 0. The number of benzene rings is 2. The minimum Gasteiger partial charge on any atom is -0.352 e. The number of carbonyl (C=O) groups excluding carboxylic acids is 2. The first-order valence-electron chi connectivity index (χ1n) is 7.06. The van der Waals surface area contributed by atoms with Gasteiger partial charge in [0.15, 0.2) is 0 Å². The molecule has 0 unspecified atom stereocenters. The maximum Gasteiger partial charge on any atom is 0.270 e. The third-order valence-electron chi connectivity index (χ3n) is 3.13. The molecule has 7 nitrogen and oxygen atoms in total. The number of halogens is 1. The average Bonchev–Trinajstić information content (AvgIpc) is 2.55. The highest BCUT2D eigenvalue weighted by molar-refractivity contribution is 6.34. The zero-order valence-corrected chi connectivity index (χ0v) is 13.5. The molecule has 0 aliphatic heterocycles. The van der Waals surface area contributed by atoms with Crippen molar-refractivity contribution in [2.24, 2.45) is 0 Å². The van der Waals surface area contributed by atoms with Crippen LogP contribution in [0.2, 0.25) is 5.02 Å². The highest BCUT2D eigenvalue weighted by Crippen LogP contribution is 2.23. The highest BCUT2D eigenvalue weighted by Gasteiger charge is 2.16. The second kappa shape index (κ2) is 7.56. The maximum absolute atomic E-state index is 12.3. The monoisotopic (exact) mass is 347 g/mol. The molecule has 24 heavy (non-hydrogen) atoms. The average molecular weight is 348 g/mol. The van der Waals surface area contributed by atoms with E-state index in [9.17, 15) is 19.7 Å². The molecule has 0 bridgehead atoms. The van der Waals surface area contributed by atoms with E-state index in [0.717, 1.165) is 6.07 Å². The van der Waals surface area contributed by atoms with Crippen LogP contribution in [-0.2, 0) is 0 Å². The molecule has 0 spiro atoms. The van der Waals surface area contributed by atoms with Crippen LogP contribution in [0.1, 0.15) is 27.6 Å². The summed E-state index contributed by atoms with van der Waals surface area (Å²) < 4.78 is 0. The van der Waals surface area contributed by atoms with Gasteiger partial charge in [-0.15, -0.1) is 0 Å². The lowest BCUT2D eigenvalue weighted by Crippen LogP contribution is -2.22. The molecule has 0 radical (unpaired) electrons. The fourth-order valence-corrected chi connectivity index (χ4v) is 2.20. The Bertz CT molecular complexity index is 808. The number of nitro groups is 1. The lowest BCUT2D eigenvalue weighted by molar-refractivity contribution is -0.384. The summed E-state index contributed by atoms with van der Waals surface area (Å²) in [6, 6.07) is 9.95. The first-order chi connectivity index (χ1) is 11.4. The maximum atomic E-state index is 12.3. The van der Waals surface area contributed by atoms with Crippen LogP contribution in [0.5, 0.6) is 0 Å². The lowest BCUT2D eigenvalue weighted by atomic mass is 10.1. The fraction of sp³-hybridized carbons (Fsp3) is 0.125. The van der Waals surface area contributed by atoms with Crippen molar-refractivity contribution in [3.63, 3.8) is 0 Å². The van der Waals surface area contributed by atoms with Gasteiger partial charge in [-0.05, 0) is 31.2 Å². The molecule has 0 aliphatic carbocycles. The number of carbonyl (C=O) groups is 2. The van der Waals surface area contributed by atoms with Crippen LogP contribution >= 0.6 is 11.6 Å². The van der Waals surface area contributed by atoms with E-state index in [-0.39, 0.29) is 22.2 Å². The van der Waals surface area contributed by atoms with Crippen molar-refractivity contribution in [1.82, 2.24) is 5.32 Å². The van der Waals surface area contributed by atoms with Crippen molar-refractivity contribution in [3.8, 4) is 0 Å². The van der Waals surface area contributed by atoms with E-state index < -0.39 is 10.8 Å². The van der Waals surface area contributed by atoms with Crippen LogP contribution in [-0.4, -0.2) is 23.3 Å². The molecule has 2 aromatic carbocycles. The zero-order valence-electron chi connectivity index (χ0n) is 12.7. The molecule has 0 aliphatic rings. The Morgan fingerprint density at radius 3 is 2.58 bits per heavy atom. The molecule has 0 saturated carbocycles. The summed E-state index contributed by atoms with van der Waals surface area (Å²) in [5, 5.41) is 16.1. The van der Waals surface area contributed by atoms with Gasteiger partial charge in [-0.1, -0.05) is 17.7 Å². The third kappa shape index (κ3) is 4.08. The van der Waals surface area contributed by atoms with Crippen LogP contribution in [0.25, 0.3) is 0 Å². The third-order valence-corrected chi connectivity index (χ3v) is 3.45. The zero-order chi connectivity index (χ0) is 17.7. The van der Waals surface area contributed by atoms with E-state index >= 15 is 0 Å². The number of hydrogen-bond donors (Lipinski definition) is 2. The second-order valence-corrected chi connectivity index (χ2v) is 5.22. The Hall–Kier alpha value is -2.93. The number of nitrogens with one attached hydrogen (secondary N) is 2. The molecule has 8 heteroatoms. The standard InChI is InChI=1S/C16H14ClN3O4/c1-2-18-15(21)10-4-3-5-11(8-10)19-16(22)13-9-12(20(23)24)6-7-14(13)17/h3-9H,2H2,1H3,(H,18,21)(H,19,22). The summed E-state index contributed by atoms with van der Waals surface area (Å²) >= 11 is 5.94. The minimum absolute atomic E-state index is 0.0192. The first-order valence-corrected chi connectivity index (χ1v) is 7.43. The SMILES string of the molecule is CCNC(=O)c1cccc(NC(=O)c2cc([N+](=O)[O-])ccc2Cl)c1. The number of amides is 2. The minimum atomic E-state index is -0.608. The Balaban J connectivity index is 2.24. The van der Waals surface area contributed by atoms with E-state index in [2.05, 4.69) is 10.6 Å². The Labute approximate surface area is 142 Å². The summed E-state index contributed by atoms with van der Waals surface area (Å²) in [6.07, 6.45) is 0. The van der Waals surface area contributed by atoms with E-state index in [1.165, 1.54) is 18.2 Å². The van der Waals surface area contributed by atoms with Crippen molar-refractivity contribution in [3.05, 3.63) is 68.7 Å². The summed E-state index contributed by atoms with van der Waals surface area (Å²) in [6.45, 7) is 2.28. The van der Waals surface area contributed by atoms with Crippen molar-refractivity contribution < 1.29 is 14.5 Å². The predicted molar refractivity (Wildman–Crippen MR) is 90.5 cm³/mol. The molecule has 0 aromatic heterocycles. The lowest BCUT2D eigenvalue weighted by Gasteiger charge is -2.08. The summed E-state index contributed by atoms with van der Waals surface area (Å²) in [5.41, 5.74) is 0.515. The Morgan fingerprint density at radius 2 is 1.92 bits per heavy atom. The normalized spacial score (nSPS) is 10.1. The van der Waals surface area contributed by atoms with Gasteiger partial charge >= 0.3 is 0 Å². The molecule has 0 saturated heterocycles. The number of nitrogens with zero attached hydrogens (tertiary/aromatic N) is 1. The van der Waals surface area contributed by atoms with Gasteiger partial charge in [-0.2, -0.15) is 0 Å². The van der Waals surface area contributed by atoms with E-state index in [0.29, 0.717) is 17.8 Å². The Kier molecular flexibility index (Phi) is 5.49. The van der Waals surface area contributed by atoms with Gasteiger partial charge in [0.1, 0.15) is 0 Å². The fourth-order valence-electron chi connectivity index (χ4n) is 2.00. The van der Waals surface area contributed by atoms with E-state index in [4.69, 9.17) is 11.6 Å². The molecule has 0 fully saturated rings. The molecule has 0 heterocycles. The number of hydrogen-bond acceptors (Lipinski definition) is 4. The van der Waals surface area contributed by atoms with Crippen molar-refractivity contribution in [1.29, 1.82) is 0 Å². The van der Waals surface area contributed by atoms with Crippen molar-refractivity contribution in [2.45, 2.75) is 6.92 Å². The smallest absolute Gasteiger partial charge is 0.270 e. The summed E-state index contributed by atoms with van der Waals surface area (Å²) in [5.74, 6) is -0.862. The van der Waals surface area contributed by atoms with Crippen LogP contribution in [0.3, 0.4) is 0 Å². The summed E-state index contributed by atoms with van der Waals surface area (Å²) in [4.78, 5) is 34.3. The van der Waals surface area contributed by atoms with Crippen LogP contribution in [0, 0.1) is 10.1 Å². The van der Waals surface area contributed by atoms with Gasteiger partial charge in [0.2, 0.25) is 0 Å². The van der Waals surface area contributed by atoms with E-state index in [1.54, 1.807) is 25.1 Å². The Morgan fingerprint density at radius 1 is 1.17 bits per heavy atom. The molecule has 0 atom stereocenters. The molecule has 2 aromatic rings. The molecule has 2 amide bonds. The largest absolute Gasteiger partial charge is 0.352 e. The van der Waals surface area contributed by atoms with Crippen LogP contribution in [0.15, 0.2) is 42.5 Å². The van der Waals surface area contributed by atoms with Crippen LogP contribution < -0.4 is 10.6 Å². The van der Waals surface area contributed by atoms with Gasteiger partial charge in [0, 0.05) is 29.9 Å². The van der Waals surface area contributed by atoms with Crippen LogP contribution in [0.4, 0.5) is 11.4 Å². The number of anilines is 1. The molecular formula is C16H14ClN3O4. The van der Waals surface area contributed by atoms with Gasteiger partial charge in [0.25, 0.3) is 17.5 Å². The highest BCUT2D eigenvalue weighted by atomic mass is 35.5. The van der Waals surface area contributed by atoms with Gasteiger partial charge < -0.3 is 10.6 Å².